The van der Waals surface area contributed by atoms with Crippen LogP contribution in [0.5, 0.6) is 0 Å². The standard InChI is InChI=1S/C32H44N2O4S/c1-10-39(37,38)34-32-15-13-27(2,3)18-20(32)25-22(35)17-24-29(6)19-21(33-9)26(36)28(4,5)23(29)11-12-30(24,7)31(25,8)14-16-32/h17,19,23,34H,10-16,18H2,1-8H3/t23-,29-,30+,31+,32-/m0/s1. The average Bonchev–Trinajstić information content (AvgIpc) is 2.83. The third-order valence-corrected chi connectivity index (χ3v) is 13.4. The van der Waals surface area contributed by atoms with E-state index in [2.05, 4.69) is 44.2 Å². The zero-order valence-electron chi connectivity index (χ0n) is 24.9. The van der Waals surface area contributed by atoms with Crippen LogP contribution < -0.4 is 4.72 Å². The Hall–Kier alpha value is -1.78. The van der Waals surface area contributed by atoms with E-state index in [1.165, 1.54) is 0 Å². The van der Waals surface area contributed by atoms with Gasteiger partial charge < -0.3 is 4.79 Å². The van der Waals surface area contributed by atoms with Gasteiger partial charge in [-0.3, -0.25) is 4.79 Å². The lowest BCUT2D eigenvalue weighted by Crippen LogP contribution is -2.68. The molecule has 5 atom stereocenters. The van der Waals surface area contributed by atoms with Gasteiger partial charge in [0.1, 0.15) is 0 Å². The molecule has 2 radical (unpaired) electrons. The molecule has 0 saturated heterocycles. The largest absolute Gasteiger partial charge is 0.307 e. The summed E-state index contributed by atoms with van der Waals surface area (Å²) in [4.78, 5) is 31.3. The van der Waals surface area contributed by atoms with Crippen LogP contribution in [0.3, 0.4) is 0 Å². The van der Waals surface area contributed by atoms with Crippen LogP contribution in [0.2, 0.25) is 0 Å². The van der Waals surface area contributed by atoms with Crippen LogP contribution in [-0.2, 0) is 19.6 Å². The fourth-order valence-electron chi connectivity index (χ4n) is 9.42. The lowest BCUT2D eigenvalue weighted by molar-refractivity contribution is -0.133. The lowest BCUT2D eigenvalue weighted by Gasteiger charge is -2.68. The summed E-state index contributed by atoms with van der Waals surface area (Å²) < 4.78 is 29.0. The van der Waals surface area contributed by atoms with Crippen LogP contribution in [0, 0.1) is 51.4 Å². The normalized spacial score (nSPS) is 41.8. The van der Waals surface area contributed by atoms with Gasteiger partial charge >= 0.3 is 0 Å². The molecule has 3 saturated carbocycles. The Morgan fingerprint density at radius 2 is 1.62 bits per heavy atom. The van der Waals surface area contributed by atoms with Gasteiger partial charge in [0, 0.05) is 22.3 Å². The summed E-state index contributed by atoms with van der Waals surface area (Å²) >= 11 is 0. The molecule has 0 unspecified atom stereocenters. The van der Waals surface area contributed by atoms with Gasteiger partial charge in [0.15, 0.2) is 11.6 Å². The van der Waals surface area contributed by atoms with E-state index < -0.39 is 31.8 Å². The maximum absolute atomic E-state index is 14.4. The number of hydrogen-bond acceptors (Lipinski definition) is 4. The number of ketones is 2. The minimum absolute atomic E-state index is 0.000544. The van der Waals surface area contributed by atoms with Crippen molar-refractivity contribution >= 4 is 21.6 Å². The van der Waals surface area contributed by atoms with Crippen molar-refractivity contribution in [1.29, 1.82) is 0 Å². The molecule has 0 aromatic rings. The predicted octanol–water partition coefficient (Wildman–Crippen LogP) is 6.17. The first kappa shape index (κ1) is 28.7. The molecular formula is C32H44N2O4S. The zero-order chi connectivity index (χ0) is 29.0. The van der Waals surface area contributed by atoms with Gasteiger partial charge in [-0.1, -0.05) is 60.1 Å². The molecule has 5 rings (SSSR count). The lowest BCUT2D eigenvalue weighted by atomic mass is 9.35. The summed E-state index contributed by atoms with van der Waals surface area (Å²) in [6, 6.07) is 0. The third kappa shape index (κ3) is 3.76. The van der Waals surface area contributed by atoms with Crippen molar-refractivity contribution in [3.05, 3.63) is 46.7 Å². The summed E-state index contributed by atoms with van der Waals surface area (Å²) in [5.74, 6) is 1.70. The monoisotopic (exact) mass is 552 g/mol. The van der Waals surface area contributed by atoms with Crippen molar-refractivity contribution in [2.75, 3.05) is 5.75 Å². The molecule has 7 heteroatoms. The van der Waals surface area contributed by atoms with Gasteiger partial charge in [0.2, 0.25) is 15.7 Å². The summed E-state index contributed by atoms with van der Waals surface area (Å²) in [6.07, 6.45) is 9.02. The first-order chi connectivity index (χ1) is 17.8. The molecule has 0 aliphatic heterocycles. The van der Waals surface area contributed by atoms with E-state index >= 15 is 0 Å². The minimum atomic E-state index is -3.48. The molecule has 5 aliphatic carbocycles. The summed E-state index contributed by atoms with van der Waals surface area (Å²) in [6.45, 7) is 24.4. The predicted molar refractivity (Wildman–Crippen MR) is 152 cm³/mol. The van der Waals surface area contributed by atoms with Crippen LogP contribution >= 0.6 is 0 Å². The van der Waals surface area contributed by atoms with E-state index in [9.17, 15) is 18.0 Å². The average molecular weight is 553 g/mol. The van der Waals surface area contributed by atoms with E-state index in [1.54, 1.807) is 6.92 Å². The Morgan fingerprint density at radius 3 is 2.23 bits per heavy atom. The molecule has 212 valence electrons. The number of nitrogens with zero attached hydrogens (tertiary/aromatic N) is 1. The highest BCUT2D eigenvalue weighted by atomic mass is 32.2. The number of hydrogen-bond donors (Lipinski definition) is 1. The van der Waals surface area contributed by atoms with Gasteiger partial charge in [-0.2, -0.15) is 0 Å². The fraction of sp³-hybridized carbons (Fsp3) is 0.719. The Morgan fingerprint density at radius 1 is 0.974 bits per heavy atom. The molecule has 0 heterocycles. The molecule has 6 nitrogen and oxygen atoms in total. The first-order valence-corrected chi connectivity index (χ1v) is 16.2. The Balaban J connectivity index is 1.69. The van der Waals surface area contributed by atoms with Crippen molar-refractivity contribution in [3.8, 4) is 0 Å². The first-order valence-electron chi connectivity index (χ1n) is 14.5. The van der Waals surface area contributed by atoms with E-state index in [0.717, 1.165) is 36.7 Å². The second kappa shape index (κ2) is 8.38. The summed E-state index contributed by atoms with van der Waals surface area (Å²) in [5.41, 5.74) is -1.62. The second-order valence-corrected chi connectivity index (χ2v) is 16.9. The highest BCUT2D eigenvalue weighted by Gasteiger charge is 2.70. The molecule has 0 aromatic carbocycles. The van der Waals surface area contributed by atoms with Crippen LogP contribution in [0.15, 0.2) is 23.4 Å². The SMILES string of the molecule is [C-]#[N+]C1=C[C@]2(C)C3=CC(=O)[C]4[C]5CC(C)(C)CC[C@]5(NS(=O)(=O)CC)CC[C@@]4(C)[C@]3(C)CC[C@H]2C(C)(C)C1=O. The summed E-state index contributed by atoms with van der Waals surface area (Å²) in [7, 11) is -3.48. The topological polar surface area (TPSA) is 84.7 Å². The number of rotatable bonds is 3. The number of allylic oxidation sites excluding steroid dienone is 4. The summed E-state index contributed by atoms with van der Waals surface area (Å²) in [5, 5.41) is 0. The quantitative estimate of drug-likeness (QED) is 0.425. The van der Waals surface area contributed by atoms with Crippen LogP contribution in [0.25, 0.3) is 4.85 Å². The molecule has 39 heavy (non-hydrogen) atoms. The molecule has 0 aromatic heterocycles. The molecule has 3 fully saturated rings. The maximum Gasteiger partial charge on any atom is 0.226 e. The number of carbonyl (C=O) groups is 2. The van der Waals surface area contributed by atoms with Crippen LogP contribution in [0.1, 0.15) is 100 Å². The number of carbonyl (C=O) groups excluding carboxylic acids is 2. The Labute approximate surface area is 235 Å². The highest BCUT2D eigenvalue weighted by molar-refractivity contribution is 7.89. The molecule has 1 N–H and O–H groups in total. The van der Waals surface area contributed by atoms with Crippen molar-refractivity contribution in [3.63, 3.8) is 0 Å². The van der Waals surface area contributed by atoms with E-state index in [-0.39, 0.29) is 39.8 Å². The molecule has 0 bridgehead atoms. The van der Waals surface area contributed by atoms with Crippen LogP contribution in [0.4, 0.5) is 0 Å². The van der Waals surface area contributed by atoms with E-state index in [1.807, 2.05) is 26.0 Å². The maximum atomic E-state index is 14.4. The number of fused-ring (bicyclic) bond motifs is 7. The van der Waals surface area contributed by atoms with Crippen molar-refractivity contribution in [1.82, 2.24) is 4.72 Å². The van der Waals surface area contributed by atoms with Gasteiger partial charge in [-0.15, -0.1) is 0 Å². The second-order valence-electron chi connectivity index (χ2n) is 14.9. The smallest absolute Gasteiger partial charge is 0.226 e. The molecular weight excluding hydrogens is 508 g/mol. The van der Waals surface area contributed by atoms with Gasteiger partial charge in [-0.05, 0) is 80.1 Å². The molecule has 5 aliphatic rings. The van der Waals surface area contributed by atoms with E-state index in [0.29, 0.717) is 25.7 Å². The van der Waals surface area contributed by atoms with Gasteiger partial charge in [0.05, 0.1) is 18.2 Å². The zero-order valence-corrected chi connectivity index (χ0v) is 25.7. The Bertz CT molecular complexity index is 1350. The molecule has 0 amide bonds. The Kier molecular flexibility index (Phi) is 6.18. The van der Waals surface area contributed by atoms with Crippen molar-refractivity contribution in [2.45, 2.75) is 106 Å². The number of nitrogens with one attached hydrogen (secondary N) is 1. The third-order valence-electron chi connectivity index (χ3n) is 11.9. The highest BCUT2D eigenvalue weighted by Crippen LogP contribution is 2.74. The van der Waals surface area contributed by atoms with Crippen LogP contribution in [-0.4, -0.2) is 31.3 Å². The fourth-order valence-corrected chi connectivity index (χ4v) is 10.5. The van der Waals surface area contributed by atoms with Crippen molar-refractivity contribution < 1.29 is 18.0 Å². The van der Waals surface area contributed by atoms with Gasteiger partial charge in [-0.25, -0.2) is 18.0 Å². The van der Waals surface area contributed by atoms with Crippen molar-refractivity contribution in [2.24, 2.45) is 33.0 Å². The molecule has 0 spiro atoms. The number of Topliss-reactive ketones (excluding diaryl/α,β-unsaturated/α-hetero) is 1. The minimum Gasteiger partial charge on any atom is -0.307 e. The van der Waals surface area contributed by atoms with Gasteiger partial charge in [0.25, 0.3) is 0 Å². The number of sulfonamides is 1. The van der Waals surface area contributed by atoms with E-state index in [4.69, 9.17) is 6.57 Å².